The Morgan fingerprint density at radius 3 is 2.44 bits per heavy atom. The molecule has 1 amide bonds. The lowest BCUT2D eigenvalue weighted by Crippen LogP contribution is -2.20. The second-order valence-corrected chi connectivity index (χ2v) is 4.37. The van der Waals surface area contributed by atoms with Gasteiger partial charge in [-0.2, -0.15) is 5.10 Å². The largest absolute Gasteiger partial charge is 0.385 e. The summed E-state index contributed by atoms with van der Waals surface area (Å²) in [5.74, 6) is 0.215. The highest BCUT2D eigenvalue weighted by atomic mass is 35.5. The van der Waals surface area contributed by atoms with Crippen molar-refractivity contribution in [3.63, 3.8) is 0 Å². The molecule has 0 atom stereocenters. The molecule has 1 aromatic carbocycles. The van der Waals surface area contributed by atoms with Gasteiger partial charge in [-0.1, -0.05) is 23.2 Å². The van der Waals surface area contributed by atoms with E-state index in [4.69, 9.17) is 28.9 Å². The van der Waals surface area contributed by atoms with Crippen molar-refractivity contribution in [1.29, 1.82) is 0 Å². The molecule has 0 radical (unpaired) electrons. The molecule has 0 spiro atoms. The number of rotatable bonds is 2. The molecule has 1 aliphatic heterocycles. The van der Waals surface area contributed by atoms with Crippen LogP contribution in [0.3, 0.4) is 0 Å². The number of hydrazone groups is 1. The summed E-state index contributed by atoms with van der Waals surface area (Å²) in [5.41, 5.74) is 6.29. The van der Waals surface area contributed by atoms with Gasteiger partial charge in [0.2, 0.25) is 0 Å². The number of nitrogens with zero attached hydrogens (tertiary/aromatic N) is 2. The fourth-order valence-corrected chi connectivity index (χ4v) is 2.06. The zero-order valence-corrected chi connectivity index (χ0v) is 9.79. The number of hydrogen-bond acceptors (Lipinski definition) is 3. The third kappa shape index (κ3) is 2.46. The van der Waals surface area contributed by atoms with Crippen molar-refractivity contribution in [3.05, 3.63) is 33.8 Å². The molecular formula is C10H9Cl2N3O. The lowest BCUT2D eigenvalue weighted by molar-refractivity contribution is -0.129. The highest BCUT2D eigenvalue weighted by Crippen LogP contribution is 2.21. The van der Waals surface area contributed by atoms with Gasteiger partial charge in [0.1, 0.15) is 5.84 Å². The Labute approximate surface area is 103 Å². The fourth-order valence-electron chi connectivity index (χ4n) is 1.49. The van der Waals surface area contributed by atoms with Gasteiger partial charge in [-0.25, -0.2) is 5.01 Å². The summed E-state index contributed by atoms with van der Waals surface area (Å²) in [5, 5.41) is 6.30. The Hall–Kier alpha value is -1.26. The molecule has 0 aliphatic carbocycles. The number of hydrogen-bond donors (Lipinski definition) is 1. The molecule has 0 saturated heterocycles. The van der Waals surface area contributed by atoms with Crippen LogP contribution in [0.4, 0.5) is 0 Å². The van der Waals surface area contributed by atoms with E-state index in [-0.39, 0.29) is 12.3 Å². The maximum atomic E-state index is 11.4. The minimum atomic E-state index is -0.117. The van der Waals surface area contributed by atoms with Gasteiger partial charge in [-0.05, 0) is 23.8 Å². The van der Waals surface area contributed by atoms with E-state index in [1.807, 2.05) is 0 Å². The standard InChI is InChI=1S/C10H9Cl2N3O/c11-7-1-6(2-8(12)3-7)5-15-10(16)4-9(13)14-15/h1-3H,4-5H2,(H2,13,14). The highest BCUT2D eigenvalue weighted by molar-refractivity contribution is 6.34. The van der Waals surface area contributed by atoms with Gasteiger partial charge in [0, 0.05) is 10.0 Å². The minimum Gasteiger partial charge on any atom is -0.385 e. The summed E-state index contributed by atoms with van der Waals surface area (Å²) >= 11 is 11.7. The molecule has 0 aromatic heterocycles. The Morgan fingerprint density at radius 1 is 1.31 bits per heavy atom. The molecule has 4 nitrogen and oxygen atoms in total. The average Bonchev–Trinajstić information content (AvgIpc) is 2.43. The van der Waals surface area contributed by atoms with Gasteiger partial charge < -0.3 is 5.73 Å². The molecule has 0 fully saturated rings. The molecule has 84 valence electrons. The summed E-state index contributed by atoms with van der Waals surface area (Å²) in [7, 11) is 0. The molecule has 0 bridgehead atoms. The van der Waals surface area contributed by atoms with Crippen LogP contribution in [0.2, 0.25) is 10.0 Å². The van der Waals surface area contributed by atoms with Crippen LogP contribution >= 0.6 is 23.2 Å². The topological polar surface area (TPSA) is 58.7 Å². The van der Waals surface area contributed by atoms with Gasteiger partial charge in [0.05, 0.1) is 13.0 Å². The fraction of sp³-hybridized carbons (Fsp3) is 0.200. The Morgan fingerprint density at radius 2 is 1.94 bits per heavy atom. The van der Waals surface area contributed by atoms with Crippen LogP contribution in [0.5, 0.6) is 0 Å². The van der Waals surface area contributed by atoms with Crippen molar-refractivity contribution in [2.75, 3.05) is 0 Å². The van der Waals surface area contributed by atoms with Gasteiger partial charge >= 0.3 is 0 Å². The summed E-state index contributed by atoms with van der Waals surface area (Å²) in [4.78, 5) is 11.4. The van der Waals surface area contributed by atoms with Crippen LogP contribution in [0.25, 0.3) is 0 Å². The summed E-state index contributed by atoms with van der Waals surface area (Å²) in [6, 6.07) is 5.12. The van der Waals surface area contributed by atoms with Crippen LogP contribution in [-0.4, -0.2) is 16.8 Å². The molecular weight excluding hydrogens is 249 g/mol. The lowest BCUT2D eigenvalue weighted by atomic mass is 10.2. The van der Waals surface area contributed by atoms with Gasteiger partial charge in [-0.3, -0.25) is 4.79 Å². The van der Waals surface area contributed by atoms with Gasteiger partial charge in [0.15, 0.2) is 0 Å². The molecule has 0 unspecified atom stereocenters. The number of benzene rings is 1. The number of carbonyl (C=O) groups is 1. The Bertz CT molecular complexity index is 453. The lowest BCUT2D eigenvalue weighted by Gasteiger charge is -2.11. The third-order valence-corrected chi connectivity index (χ3v) is 2.56. The average molecular weight is 258 g/mol. The zero-order valence-electron chi connectivity index (χ0n) is 8.28. The second-order valence-electron chi connectivity index (χ2n) is 3.50. The van der Waals surface area contributed by atoms with E-state index in [0.29, 0.717) is 22.4 Å². The predicted molar refractivity (Wildman–Crippen MR) is 63.3 cm³/mol. The van der Waals surface area contributed by atoms with Crippen molar-refractivity contribution in [3.8, 4) is 0 Å². The Balaban J connectivity index is 2.18. The van der Waals surface area contributed by atoms with Gasteiger partial charge in [0.25, 0.3) is 5.91 Å². The predicted octanol–water partition coefficient (Wildman–Crippen LogP) is 2.00. The molecule has 0 saturated carbocycles. The Kier molecular flexibility index (Phi) is 3.03. The monoisotopic (exact) mass is 257 g/mol. The van der Waals surface area contributed by atoms with Crippen LogP contribution in [0, 0.1) is 0 Å². The molecule has 16 heavy (non-hydrogen) atoms. The van der Waals surface area contributed by atoms with E-state index in [1.165, 1.54) is 5.01 Å². The first-order valence-corrected chi connectivity index (χ1v) is 5.38. The van der Waals surface area contributed by atoms with E-state index < -0.39 is 0 Å². The van der Waals surface area contributed by atoms with E-state index in [9.17, 15) is 4.79 Å². The molecule has 2 N–H and O–H groups in total. The smallest absolute Gasteiger partial charge is 0.250 e. The molecule has 1 aliphatic rings. The normalized spacial score (nSPS) is 15.5. The summed E-state index contributed by atoms with van der Waals surface area (Å²) in [6.45, 7) is 0.333. The van der Waals surface area contributed by atoms with Crippen LogP contribution in [0.15, 0.2) is 23.3 Å². The van der Waals surface area contributed by atoms with Crippen molar-refractivity contribution >= 4 is 34.9 Å². The summed E-state index contributed by atoms with van der Waals surface area (Å²) < 4.78 is 0. The number of halogens is 2. The van der Waals surface area contributed by atoms with Crippen LogP contribution in [0.1, 0.15) is 12.0 Å². The second kappa shape index (κ2) is 4.31. The molecule has 1 aromatic rings. The number of amidine groups is 1. The van der Waals surface area contributed by atoms with Crippen LogP contribution in [-0.2, 0) is 11.3 Å². The molecule has 2 rings (SSSR count). The third-order valence-electron chi connectivity index (χ3n) is 2.12. The quantitative estimate of drug-likeness (QED) is 0.881. The van der Waals surface area contributed by atoms with Gasteiger partial charge in [-0.15, -0.1) is 0 Å². The van der Waals surface area contributed by atoms with E-state index in [1.54, 1.807) is 18.2 Å². The first-order valence-electron chi connectivity index (χ1n) is 4.63. The summed E-state index contributed by atoms with van der Waals surface area (Å²) in [6.07, 6.45) is 0.175. The van der Waals surface area contributed by atoms with E-state index in [2.05, 4.69) is 5.10 Å². The van der Waals surface area contributed by atoms with Crippen LogP contribution < -0.4 is 5.73 Å². The SMILES string of the molecule is NC1=NN(Cc2cc(Cl)cc(Cl)c2)C(=O)C1. The first kappa shape index (κ1) is 11.2. The van der Waals surface area contributed by atoms with Crippen molar-refractivity contribution in [1.82, 2.24) is 5.01 Å². The van der Waals surface area contributed by atoms with Crippen molar-refractivity contribution in [2.45, 2.75) is 13.0 Å². The van der Waals surface area contributed by atoms with Crippen molar-refractivity contribution < 1.29 is 4.79 Å². The molecule has 1 heterocycles. The molecule has 6 heteroatoms. The van der Waals surface area contributed by atoms with E-state index in [0.717, 1.165) is 5.56 Å². The van der Waals surface area contributed by atoms with E-state index >= 15 is 0 Å². The number of amides is 1. The maximum absolute atomic E-state index is 11.4. The maximum Gasteiger partial charge on any atom is 0.250 e. The van der Waals surface area contributed by atoms with Crippen molar-refractivity contribution in [2.24, 2.45) is 10.8 Å². The minimum absolute atomic E-state index is 0.117. The number of nitrogens with two attached hydrogens (primary N) is 1. The first-order chi connectivity index (χ1) is 7.54. The zero-order chi connectivity index (χ0) is 11.7. The highest BCUT2D eigenvalue weighted by Gasteiger charge is 2.21. The number of carbonyl (C=O) groups excluding carboxylic acids is 1.